The van der Waals surface area contributed by atoms with Crippen LogP contribution in [0.4, 0.5) is 5.82 Å². The summed E-state index contributed by atoms with van der Waals surface area (Å²) < 4.78 is 0. The van der Waals surface area contributed by atoms with Crippen LogP contribution in [0.15, 0.2) is 24.9 Å². The van der Waals surface area contributed by atoms with Crippen LogP contribution in [0.5, 0.6) is 0 Å². The van der Waals surface area contributed by atoms with Crippen molar-refractivity contribution < 1.29 is 4.79 Å². The molecule has 1 amide bonds. The molecule has 1 rings (SSSR count). The summed E-state index contributed by atoms with van der Waals surface area (Å²) in [7, 11) is 0. The Balaban J connectivity index is 2.93. The normalized spacial score (nSPS) is 10.9. The van der Waals surface area contributed by atoms with Gasteiger partial charge in [-0.3, -0.25) is 4.79 Å². The Labute approximate surface area is 89.4 Å². The van der Waals surface area contributed by atoms with Gasteiger partial charge in [0.05, 0.1) is 0 Å². The molecule has 0 bridgehead atoms. The molecule has 0 fully saturated rings. The number of amides is 1. The van der Waals surface area contributed by atoms with Crippen LogP contribution in [0.2, 0.25) is 0 Å². The van der Waals surface area contributed by atoms with Crippen LogP contribution in [-0.4, -0.2) is 15.9 Å². The van der Waals surface area contributed by atoms with Crippen molar-refractivity contribution in [3.05, 3.63) is 30.7 Å². The molecule has 1 aromatic rings. The standard InChI is InChI=1S/C11H15N3O/c1-5-9(15)13-8-6-7-12-10(14-8)11(2,3)4/h5-7H,1H2,2-4H3,(H,12,13,14,15). The highest BCUT2D eigenvalue weighted by Gasteiger charge is 2.17. The highest BCUT2D eigenvalue weighted by Crippen LogP contribution is 2.18. The number of carbonyl (C=O) groups excluding carboxylic acids is 1. The summed E-state index contributed by atoms with van der Waals surface area (Å²) in [5.41, 5.74) is -0.130. The Hall–Kier alpha value is -1.71. The van der Waals surface area contributed by atoms with Crippen LogP contribution in [-0.2, 0) is 10.2 Å². The van der Waals surface area contributed by atoms with Gasteiger partial charge < -0.3 is 5.32 Å². The van der Waals surface area contributed by atoms with Gasteiger partial charge in [0.1, 0.15) is 11.6 Å². The molecule has 1 aromatic heterocycles. The number of anilines is 1. The highest BCUT2D eigenvalue weighted by molar-refractivity contribution is 5.98. The zero-order chi connectivity index (χ0) is 11.5. The molecule has 1 N–H and O–H groups in total. The lowest BCUT2D eigenvalue weighted by Gasteiger charge is -2.16. The molecule has 0 unspecified atom stereocenters. The number of nitrogens with zero attached hydrogens (tertiary/aromatic N) is 2. The van der Waals surface area contributed by atoms with Gasteiger partial charge in [-0.25, -0.2) is 9.97 Å². The molecule has 0 spiro atoms. The lowest BCUT2D eigenvalue weighted by Crippen LogP contribution is -2.18. The van der Waals surface area contributed by atoms with E-state index in [1.807, 2.05) is 20.8 Å². The summed E-state index contributed by atoms with van der Waals surface area (Å²) in [6, 6.07) is 1.65. The molecule has 80 valence electrons. The van der Waals surface area contributed by atoms with Gasteiger partial charge in [0.2, 0.25) is 5.91 Å². The fourth-order valence-electron chi connectivity index (χ4n) is 0.967. The Bertz CT molecular complexity index is 380. The smallest absolute Gasteiger partial charge is 0.248 e. The van der Waals surface area contributed by atoms with Crippen molar-refractivity contribution in [3.8, 4) is 0 Å². The maximum atomic E-state index is 11.1. The SMILES string of the molecule is C=CC(=O)Nc1ccnc(C(C)(C)C)n1. The lowest BCUT2D eigenvalue weighted by molar-refractivity contribution is -0.111. The molecule has 0 aliphatic carbocycles. The summed E-state index contributed by atoms with van der Waals surface area (Å²) in [5, 5.41) is 2.60. The molecule has 0 aromatic carbocycles. The second-order valence-corrected chi connectivity index (χ2v) is 4.21. The monoisotopic (exact) mass is 205 g/mol. The third kappa shape index (κ3) is 3.16. The van der Waals surface area contributed by atoms with Crippen LogP contribution < -0.4 is 5.32 Å². The second kappa shape index (κ2) is 4.21. The summed E-state index contributed by atoms with van der Waals surface area (Å²) in [4.78, 5) is 19.4. The van der Waals surface area contributed by atoms with Gasteiger partial charge >= 0.3 is 0 Å². The van der Waals surface area contributed by atoms with Crippen molar-refractivity contribution in [3.63, 3.8) is 0 Å². The second-order valence-electron chi connectivity index (χ2n) is 4.21. The molecule has 0 saturated carbocycles. The molecule has 0 aliphatic heterocycles. The third-order valence-corrected chi connectivity index (χ3v) is 1.76. The molecule has 0 aliphatic rings. The fourth-order valence-corrected chi connectivity index (χ4v) is 0.967. The van der Waals surface area contributed by atoms with Crippen molar-refractivity contribution in [2.45, 2.75) is 26.2 Å². The number of aromatic nitrogens is 2. The lowest BCUT2D eigenvalue weighted by atomic mass is 9.96. The molecule has 0 saturated heterocycles. The topological polar surface area (TPSA) is 54.9 Å². The molecule has 0 radical (unpaired) electrons. The van der Waals surface area contributed by atoms with Crippen molar-refractivity contribution in [2.24, 2.45) is 0 Å². The Morgan fingerprint density at radius 2 is 2.20 bits per heavy atom. The first-order chi connectivity index (χ1) is 6.93. The van der Waals surface area contributed by atoms with Crippen molar-refractivity contribution in [1.29, 1.82) is 0 Å². The Morgan fingerprint density at radius 1 is 1.53 bits per heavy atom. The maximum Gasteiger partial charge on any atom is 0.248 e. The minimum absolute atomic E-state index is 0.130. The molecule has 0 atom stereocenters. The van der Waals surface area contributed by atoms with Crippen LogP contribution in [0.3, 0.4) is 0 Å². The quantitative estimate of drug-likeness (QED) is 0.750. The van der Waals surface area contributed by atoms with Gasteiger partial charge in [-0.05, 0) is 12.1 Å². The average molecular weight is 205 g/mol. The van der Waals surface area contributed by atoms with E-state index in [9.17, 15) is 4.79 Å². The average Bonchev–Trinajstić information content (AvgIpc) is 2.17. The van der Waals surface area contributed by atoms with Crippen molar-refractivity contribution in [2.75, 3.05) is 5.32 Å². The van der Waals surface area contributed by atoms with E-state index < -0.39 is 0 Å². The zero-order valence-electron chi connectivity index (χ0n) is 9.24. The first-order valence-electron chi connectivity index (χ1n) is 4.70. The van der Waals surface area contributed by atoms with Crippen LogP contribution in [0.1, 0.15) is 26.6 Å². The Morgan fingerprint density at radius 3 is 2.73 bits per heavy atom. The minimum atomic E-state index is -0.270. The molecular weight excluding hydrogens is 190 g/mol. The summed E-state index contributed by atoms with van der Waals surface area (Å²) in [6.45, 7) is 9.42. The van der Waals surface area contributed by atoms with Crippen LogP contribution in [0.25, 0.3) is 0 Å². The molecule has 4 nitrogen and oxygen atoms in total. The highest BCUT2D eigenvalue weighted by atomic mass is 16.1. The largest absolute Gasteiger partial charge is 0.307 e. The fraction of sp³-hybridized carbons (Fsp3) is 0.364. The van der Waals surface area contributed by atoms with Crippen molar-refractivity contribution >= 4 is 11.7 Å². The Kier molecular flexibility index (Phi) is 3.19. The van der Waals surface area contributed by atoms with Gasteiger partial charge in [-0.15, -0.1) is 0 Å². The number of nitrogens with one attached hydrogen (secondary N) is 1. The first-order valence-corrected chi connectivity index (χ1v) is 4.70. The summed E-state index contributed by atoms with van der Waals surface area (Å²) in [6.07, 6.45) is 2.84. The van der Waals surface area contributed by atoms with Gasteiger partial charge in [0.15, 0.2) is 0 Å². The molecule has 15 heavy (non-hydrogen) atoms. The van der Waals surface area contributed by atoms with E-state index >= 15 is 0 Å². The van der Waals surface area contributed by atoms with E-state index in [1.54, 1.807) is 12.3 Å². The number of rotatable bonds is 2. The first kappa shape index (κ1) is 11.4. The van der Waals surface area contributed by atoms with E-state index in [-0.39, 0.29) is 11.3 Å². The molecule has 4 heteroatoms. The van der Waals surface area contributed by atoms with Gasteiger partial charge in [0, 0.05) is 11.6 Å². The maximum absolute atomic E-state index is 11.1. The van der Waals surface area contributed by atoms with E-state index in [1.165, 1.54) is 6.08 Å². The van der Waals surface area contributed by atoms with E-state index in [4.69, 9.17) is 0 Å². The predicted octanol–water partition coefficient (Wildman–Crippen LogP) is 1.90. The summed E-state index contributed by atoms with van der Waals surface area (Å²) in [5.74, 6) is 0.928. The molecular formula is C11H15N3O. The van der Waals surface area contributed by atoms with Crippen LogP contribution >= 0.6 is 0 Å². The van der Waals surface area contributed by atoms with Gasteiger partial charge in [-0.2, -0.15) is 0 Å². The predicted molar refractivity (Wildman–Crippen MR) is 59.6 cm³/mol. The third-order valence-electron chi connectivity index (χ3n) is 1.76. The number of carbonyl (C=O) groups is 1. The summed E-state index contributed by atoms with van der Waals surface area (Å²) >= 11 is 0. The zero-order valence-corrected chi connectivity index (χ0v) is 9.24. The number of hydrogen-bond acceptors (Lipinski definition) is 3. The molecule has 1 heterocycles. The van der Waals surface area contributed by atoms with E-state index in [0.717, 1.165) is 0 Å². The number of hydrogen-bond donors (Lipinski definition) is 1. The van der Waals surface area contributed by atoms with E-state index in [0.29, 0.717) is 11.6 Å². The van der Waals surface area contributed by atoms with Gasteiger partial charge in [-0.1, -0.05) is 27.4 Å². The van der Waals surface area contributed by atoms with Crippen molar-refractivity contribution in [1.82, 2.24) is 9.97 Å². The minimum Gasteiger partial charge on any atom is -0.307 e. The van der Waals surface area contributed by atoms with Crippen LogP contribution in [0, 0.1) is 0 Å². The van der Waals surface area contributed by atoms with Gasteiger partial charge in [0.25, 0.3) is 0 Å². The van der Waals surface area contributed by atoms with E-state index in [2.05, 4.69) is 21.9 Å².